The fourth-order valence-corrected chi connectivity index (χ4v) is 6.87. The van der Waals surface area contributed by atoms with Gasteiger partial charge in [-0.3, -0.25) is 14.4 Å². The van der Waals surface area contributed by atoms with Gasteiger partial charge in [-0.2, -0.15) is 0 Å². The third-order valence-corrected chi connectivity index (χ3v) is 8.66. The van der Waals surface area contributed by atoms with Gasteiger partial charge >= 0.3 is 6.03 Å². The minimum atomic E-state index is -0.0417. The van der Waals surface area contributed by atoms with E-state index in [1.165, 1.54) is 0 Å². The summed E-state index contributed by atoms with van der Waals surface area (Å²) in [5.74, 6) is 1.36. The van der Waals surface area contributed by atoms with E-state index in [0.717, 1.165) is 64.8 Å². The van der Waals surface area contributed by atoms with E-state index in [9.17, 15) is 19.2 Å². The quantitative estimate of drug-likeness (QED) is 0.609. The summed E-state index contributed by atoms with van der Waals surface area (Å²) in [6.07, 6.45) is 7.64. The molecule has 0 aliphatic carbocycles. The summed E-state index contributed by atoms with van der Waals surface area (Å²) in [6, 6.07) is 0.422. The van der Waals surface area contributed by atoms with Gasteiger partial charge in [0.25, 0.3) is 0 Å². The zero-order chi connectivity index (χ0) is 23.7. The summed E-state index contributed by atoms with van der Waals surface area (Å²) in [5.41, 5.74) is 0. The van der Waals surface area contributed by atoms with Crippen molar-refractivity contribution in [1.82, 2.24) is 24.9 Å². The fraction of sp³-hybridized carbons (Fsp3) is 0.840. The molecule has 5 heterocycles. The van der Waals surface area contributed by atoms with Crippen molar-refractivity contribution < 1.29 is 19.2 Å². The van der Waals surface area contributed by atoms with E-state index >= 15 is 0 Å². The van der Waals surface area contributed by atoms with E-state index < -0.39 is 0 Å². The number of piperidine rings is 4. The van der Waals surface area contributed by atoms with Gasteiger partial charge in [0.1, 0.15) is 0 Å². The Hall–Kier alpha value is -2.32. The first kappa shape index (κ1) is 23.4. The van der Waals surface area contributed by atoms with E-state index in [0.29, 0.717) is 69.1 Å². The van der Waals surface area contributed by atoms with Gasteiger partial charge in [0, 0.05) is 77.2 Å². The molecule has 5 saturated heterocycles. The molecule has 0 aromatic rings. The van der Waals surface area contributed by atoms with Crippen molar-refractivity contribution in [2.75, 3.05) is 52.4 Å². The number of nitrogens with zero attached hydrogens (tertiary/aromatic N) is 4. The van der Waals surface area contributed by atoms with Gasteiger partial charge in [-0.05, 0) is 56.8 Å². The van der Waals surface area contributed by atoms with Gasteiger partial charge in [0.05, 0.1) is 0 Å². The molecule has 34 heavy (non-hydrogen) atoms. The topological polar surface area (TPSA) is 93.3 Å². The number of carbonyl (C=O) groups is 4. The maximum absolute atomic E-state index is 13.3. The second-order valence-corrected chi connectivity index (χ2v) is 10.9. The standard InChI is InChI=1S/C25H39N5O4/c31-22-6-2-10-27(22)11-3-9-26-24(33)19-7-12-28(13-8-19)25(34)29-15-18-14-20(17-29)21-4-1-5-23(32)30(21)16-18/h18-21H,1-17H2,(H,26,33)/t18-,20+,21+/m0/s1. The van der Waals surface area contributed by atoms with Gasteiger partial charge in [-0.15, -0.1) is 0 Å². The van der Waals surface area contributed by atoms with Crippen LogP contribution in [0, 0.1) is 17.8 Å². The lowest BCUT2D eigenvalue weighted by Crippen LogP contribution is -2.62. The van der Waals surface area contributed by atoms with Crippen molar-refractivity contribution >= 4 is 23.8 Å². The van der Waals surface area contributed by atoms with Crippen molar-refractivity contribution in [3.05, 3.63) is 0 Å². The minimum absolute atomic E-state index is 0.0417. The highest BCUT2D eigenvalue weighted by Gasteiger charge is 2.45. The van der Waals surface area contributed by atoms with E-state index in [-0.39, 0.29) is 23.8 Å². The van der Waals surface area contributed by atoms with Crippen molar-refractivity contribution in [3.8, 4) is 0 Å². The summed E-state index contributed by atoms with van der Waals surface area (Å²) in [7, 11) is 0. The molecular formula is C25H39N5O4. The molecule has 3 atom stereocenters. The Morgan fingerprint density at radius 1 is 0.882 bits per heavy atom. The molecule has 0 unspecified atom stereocenters. The van der Waals surface area contributed by atoms with Crippen LogP contribution in [0.3, 0.4) is 0 Å². The lowest BCUT2D eigenvalue weighted by molar-refractivity contribution is -0.144. The van der Waals surface area contributed by atoms with Crippen LogP contribution in [0.2, 0.25) is 0 Å². The normalized spacial score (nSPS) is 29.9. The van der Waals surface area contributed by atoms with Gasteiger partial charge < -0.3 is 24.9 Å². The number of hydrogen-bond acceptors (Lipinski definition) is 4. The number of fused-ring (bicyclic) bond motifs is 4. The zero-order valence-corrected chi connectivity index (χ0v) is 20.3. The van der Waals surface area contributed by atoms with Crippen LogP contribution < -0.4 is 5.32 Å². The largest absolute Gasteiger partial charge is 0.356 e. The zero-order valence-electron chi connectivity index (χ0n) is 20.3. The number of carbonyl (C=O) groups excluding carboxylic acids is 4. The number of rotatable bonds is 5. The van der Waals surface area contributed by atoms with Gasteiger partial charge in [-0.25, -0.2) is 4.79 Å². The Balaban J connectivity index is 1.05. The Labute approximate surface area is 202 Å². The van der Waals surface area contributed by atoms with E-state index in [1.807, 2.05) is 14.7 Å². The van der Waals surface area contributed by atoms with Crippen LogP contribution in [-0.2, 0) is 14.4 Å². The van der Waals surface area contributed by atoms with Crippen LogP contribution in [0.15, 0.2) is 0 Å². The highest BCUT2D eigenvalue weighted by Crippen LogP contribution is 2.38. The molecule has 9 nitrogen and oxygen atoms in total. The van der Waals surface area contributed by atoms with Crippen LogP contribution in [0.5, 0.6) is 0 Å². The summed E-state index contributed by atoms with van der Waals surface area (Å²) in [6.45, 7) is 5.70. The Kier molecular flexibility index (Phi) is 6.97. The number of hydrogen-bond donors (Lipinski definition) is 1. The number of nitrogens with one attached hydrogen (secondary N) is 1. The molecule has 2 bridgehead atoms. The summed E-state index contributed by atoms with van der Waals surface area (Å²) >= 11 is 0. The summed E-state index contributed by atoms with van der Waals surface area (Å²) in [5, 5.41) is 3.03. The average Bonchev–Trinajstić information content (AvgIpc) is 3.26. The number of amides is 5. The van der Waals surface area contributed by atoms with Crippen LogP contribution in [0.1, 0.15) is 57.8 Å². The van der Waals surface area contributed by atoms with Gasteiger partial charge in [0.15, 0.2) is 0 Å². The van der Waals surface area contributed by atoms with Crippen LogP contribution >= 0.6 is 0 Å². The molecule has 0 radical (unpaired) electrons. The highest BCUT2D eigenvalue weighted by atomic mass is 16.2. The van der Waals surface area contributed by atoms with Crippen LogP contribution in [0.4, 0.5) is 4.79 Å². The lowest BCUT2D eigenvalue weighted by atomic mass is 9.76. The molecule has 5 rings (SSSR count). The minimum Gasteiger partial charge on any atom is -0.356 e. The molecule has 9 heteroatoms. The van der Waals surface area contributed by atoms with Gasteiger partial charge in [0.2, 0.25) is 17.7 Å². The van der Waals surface area contributed by atoms with E-state index in [1.54, 1.807) is 0 Å². The third-order valence-electron chi connectivity index (χ3n) is 8.66. The van der Waals surface area contributed by atoms with Gasteiger partial charge in [-0.1, -0.05) is 0 Å². The maximum atomic E-state index is 13.3. The number of urea groups is 1. The molecule has 0 spiro atoms. The molecule has 0 saturated carbocycles. The first-order chi connectivity index (χ1) is 16.5. The highest BCUT2D eigenvalue weighted by molar-refractivity contribution is 5.80. The van der Waals surface area contributed by atoms with Crippen molar-refractivity contribution in [2.24, 2.45) is 17.8 Å². The molecule has 0 aromatic carbocycles. The predicted octanol–water partition coefficient (Wildman–Crippen LogP) is 1.28. The van der Waals surface area contributed by atoms with Crippen LogP contribution in [-0.4, -0.2) is 102 Å². The molecule has 5 aliphatic heterocycles. The van der Waals surface area contributed by atoms with Crippen molar-refractivity contribution in [1.29, 1.82) is 0 Å². The molecule has 1 N–H and O–H groups in total. The monoisotopic (exact) mass is 473 g/mol. The SMILES string of the molecule is O=C(NCCCN1CCCC1=O)C1CCN(C(=O)N2C[C@@H]3C[C@H](C2)[C@H]2CCCC(=O)N2C3)CC1. The molecule has 188 valence electrons. The lowest BCUT2D eigenvalue weighted by Gasteiger charge is -2.53. The molecular weight excluding hydrogens is 434 g/mol. The average molecular weight is 474 g/mol. The number of likely N-dealkylation sites (tertiary alicyclic amines) is 3. The smallest absolute Gasteiger partial charge is 0.320 e. The first-order valence-corrected chi connectivity index (χ1v) is 13.4. The molecule has 5 aliphatic rings. The molecule has 5 fully saturated rings. The second kappa shape index (κ2) is 10.1. The van der Waals surface area contributed by atoms with Crippen LogP contribution in [0.25, 0.3) is 0 Å². The molecule has 0 aromatic heterocycles. The van der Waals surface area contributed by atoms with E-state index in [4.69, 9.17) is 0 Å². The van der Waals surface area contributed by atoms with Crippen molar-refractivity contribution in [3.63, 3.8) is 0 Å². The Morgan fingerprint density at radius 2 is 1.68 bits per heavy atom. The summed E-state index contributed by atoms with van der Waals surface area (Å²) < 4.78 is 0. The first-order valence-electron chi connectivity index (χ1n) is 13.4. The Morgan fingerprint density at radius 3 is 2.44 bits per heavy atom. The fourth-order valence-electron chi connectivity index (χ4n) is 6.87. The maximum Gasteiger partial charge on any atom is 0.320 e. The third kappa shape index (κ3) is 4.89. The second-order valence-electron chi connectivity index (χ2n) is 10.9. The summed E-state index contributed by atoms with van der Waals surface area (Å²) in [4.78, 5) is 57.8. The molecule has 5 amide bonds. The van der Waals surface area contributed by atoms with E-state index in [2.05, 4.69) is 10.2 Å². The Bertz CT molecular complexity index is 811. The van der Waals surface area contributed by atoms with Crippen molar-refractivity contribution in [2.45, 2.75) is 63.8 Å². The predicted molar refractivity (Wildman–Crippen MR) is 126 cm³/mol.